The molecule has 0 amide bonds. The molecule has 0 aliphatic heterocycles. The van der Waals surface area contributed by atoms with Crippen LogP contribution in [0.5, 0.6) is 0 Å². The Morgan fingerprint density at radius 3 is 2.54 bits per heavy atom. The van der Waals surface area contributed by atoms with Gasteiger partial charge in [-0.15, -0.1) is 0 Å². The van der Waals surface area contributed by atoms with Crippen LogP contribution in [0.4, 0.5) is 5.69 Å². The first kappa shape index (κ1) is 19.1. The second-order valence-corrected chi connectivity index (χ2v) is 8.14. The van der Waals surface area contributed by atoms with Crippen LogP contribution in [0.25, 0.3) is 5.69 Å². The molecule has 7 heteroatoms. The molecule has 0 fully saturated rings. The van der Waals surface area contributed by atoms with Gasteiger partial charge in [-0.2, -0.15) is 0 Å². The summed E-state index contributed by atoms with van der Waals surface area (Å²) in [6.07, 6.45) is 1.56. The van der Waals surface area contributed by atoms with E-state index < -0.39 is 0 Å². The molecule has 2 aromatic carbocycles. The van der Waals surface area contributed by atoms with E-state index in [9.17, 15) is 4.79 Å². The Morgan fingerprint density at radius 1 is 1.12 bits per heavy atom. The summed E-state index contributed by atoms with van der Waals surface area (Å²) in [5.41, 5.74) is 4.65. The number of hydrogen-bond donors (Lipinski definition) is 1. The third-order valence-electron chi connectivity index (χ3n) is 4.29. The molecule has 1 aromatic heterocycles. The topological polar surface area (TPSA) is 50.1 Å². The summed E-state index contributed by atoms with van der Waals surface area (Å²) in [6, 6.07) is 9.27. The van der Waals surface area contributed by atoms with Crippen molar-refractivity contribution in [2.45, 2.75) is 20.8 Å². The normalized spacial score (nSPS) is 11.5. The molecule has 26 heavy (non-hydrogen) atoms. The summed E-state index contributed by atoms with van der Waals surface area (Å²) >= 11 is 13.1. The molecule has 0 saturated heterocycles. The fraction of sp³-hybridized carbons (Fsp3) is 0.158. The number of nitrogens with one attached hydrogen (secondary N) is 1. The Balaban J connectivity index is 2.06. The van der Waals surface area contributed by atoms with E-state index in [-0.39, 0.29) is 5.56 Å². The molecule has 0 spiro atoms. The van der Waals surface area contributed by atoms with Crippen molar-refractivity contribution in [1.29, 1.82) is 0 Å². The lowest BCUT2D eigenvalue weighted by molar-refractivity contribution is 0.827. The molecule has 0 radical (unpaired) electrons. The summed E-state index contributed by atoms with van der Waals surface area (Å²) in [5.74, 6) is 0. The fourth-order valence-corrected chi connectivity index (χ4v) is 3.77. The number of aryl methyl sites for hydroxylation is 1. The van der Waals surface area contributed by atoms with E-state index >= 15 is 0 Å². The zero-order chi connectivity index (χ0) is 19.0. The third-order valence-corrected chi connectivity index (χ3v) is 5.95. The average molecular weight is 498 g/mol. The van der Waals surface area contributed by atoms with Gasteiger partial charge in [0.2, 0.25) is 0 Å². The molecule has 4 nitrogen and oxygen atoms in total. The molecular formula is C19H16Br2ClN3O. The maximum atomic E-state index is 12.9. The van der Waals surface area contributed by atoms with Crippen LogP contribution >= 0.6 is 43.5 Å². The Bertz CT molecular complexity index is 1080. The lowest BCUT2D eigenvalue weighted by Gasteiger charge is -2.10. The standard InChI is InChI=1S/C19H16Br2ClN3O/c1-10-11(2)18(7-5-15(10)21)25-19(26)14(12(3)24-25)9-23-17-6-4-13(20)8-16(17)22/h4-9,24H,1-3H3. The van der Waals surface area contributed by atoms with Crippen LogP contribution in [-0.2, 0) is 0 Å². The first-order valence-corrected chi connectivity index (χ1v) is 9.83. The Morgan fingerprint density at radius 2 is 1.85 bits per heavy atom. The van der Waals surface area contributed by atoms with Gasteiger partial charge in [-0.05, 0) is 62.2 Å². The van der Waals surface area contributed by atoms with Crippen LogP contribution in [-0.4, -0.2) is 16.0 Å². The van der Waals surface area contributed by atoms with Gasteiger partial charge in [0.15, 0.2) is 0 Å². The average Bonchev–Trinajstić information content (AvgIpc) is 2.87. The number of aromatic nitrogens is 2. The summed E-state index contributed by atoms with van der Waals surface area (Å²) < 4.78 is 3.44. The van der Waals surface area contributed by atoms with E-state index in [1.165, 1.54) is 0 Å². The third kappa shape index (κ3) is 3.59. The van der Waals surface area contributed by atoms with Gasteiger partial charge in [0.05, 0.1) is 22.0 Å². The Kier molecular flexibility index (Phi) is 5.55. The van der Waals surface area contributed by atoms with Gasteiger partial charge in [0.25, 0.3) is 5.56 Å². The predicted octanol–water partition coefficient (Wildman–Crippen LogP) is 6.02. The SMILES string of the molecule is Cc1[nH]n(-c2ccc(Br)c(C)c2C)c(=O)c1C=Nc1ccc(Br)cc1Cl. The van der Waals surface area contributed by atoms with Crippen LogP contribution in [0.3, 0.4) is 0 Å². The van der Waals surface area contributed by atoms with Crippen molar-refractivity contribution >= 4 is 55.4 Å². The lowest BCUT2D eigenvalue weighted by Crippen LogP contribution is -2.18. The van der Waals surface area contributed by atoms with Crippen molar-refractivity contribution in [2.24, 2.45) is 4.99 Å². The highest BCUT2D eigenvalue weighted by molar-refractivity contribution is 9.10. The number of halogens is 3. The van der Waals surface area contributed by atoms with Crippen LogP contribution in [0.2, 0.25) is 5.02 Å². The van der Waals surface area contributed by atoms with Crippen molar-refractivity contribution in [1.82, 2.24) is 9.78 Å². The van der Waals surface area contributed by atoms with Crippen LogP contribution in [0.15, 0.2) is 49.1 Å². The molecule has 1 N–H and O–H groups in total. The van der Waals surface area contributed by atoms with E-state index in [1.807, 2.05) is 39.0 Å². The summed E-state index contributed by atoms with van der Waals surface area (Å²) in [6.45, 7) is 5.86. The van der Waals surface area contributed by atoms with Gasteiger partial charge in [0, 0.05) is 20.9 Å². The quantitative estimate of drug-likeness (QED) is 0.442. The molecule has 0 bridgehead atoms. The monoisotopic (exact) mass is 495 g/mol. The maximum absolute atomic E-state index is 12.9. The van der Waals surface area contributed by atoms with Gasteiger partial charge in [-0.3, -0.25) is 14.9 Å². The highest BCUT2D eigenvalue weighted by Gasteiger charge is 2.14. The second-order valence-electron chi connectivity index (χ2n) is 5.96. The van der Waals surface area contributed by atoms with Crippen molar-refractivity contribution in [3.05, 3.63) is 77.0 Å². The minimum Gasteiger partial charge on any atom is -0.295 e. The second kappa shape index (κ2) is 7.55. The largest absolute Gasteiger partial charge is 0.295 e. The summed E-state index contributed by atoms with van der Waals surface area (Å²) in [5, 5.41) is 3.65. The molecule has 3 aromatic rings. The molecule has 0 unspecified atom stereocenters. The Hall–Kier alpha value is -1.63. The van der Waals surface area contributed by atoms with E-state index in [2.05, 4.69) is 42.0 Å². The zero-order valence-electron chi connectivity index (χ0n) is 14.4. The van der Waals surface area contributed by atoms with E-state index in [1.54, 1.807) is 23.0 Å². The van der Waals surface area contributed by atoms with Crippen molar-refractivity contribution < 1.29 is 0 Å². The highest BCUT2D eigenvalue weighted by Crippen LogP contribution is 2.28. The van der Waals surface area contributed by atoms with Crippen molar-refractivity contribution in [2.75, 3.05) is 0 Å². The lowest BCUT2D eigenvalue weighted by atomic mass is 10.1. The maximum Gasteiger partial charge on any atom is 0.280 e. The molecule has 0 aliphatic rings. The van der Waals surface area contributed by atoms with Gasteiger partial charge in [-0.25, -0.2) is 4.68 Å². The number of hydrogen-bond acceptors (Lipinski definition) is 2. The first-order chi connectivity index (χ1) is 12.3. The van der Waals surface area contributed by atoms with Crippen LogP contribution < -0.4 is 5.56 Å². The molecule has 0 atom stereocenters. The highest BCUT2D eigenvalue weighted by atomic mass is 79.9. The number of H-pyrrole nitrogens is 1. The number of nitrogens with zero attached hydrogens (tertiary/aromatic N) is 2. The van der Waals surface area contributed by atoms with Crippen LogP contribution in [0.1, 0.15) is 22.4 Å². The van der Waals surface area contributed by atoms with Gasteiger partial charge in [0.1, 0.15) is 0 Å². The first-order valence-electron chi connectivity index (χ1n) is 7.86. The minimum atomic E-state index is -0.149. The van der Waals surface area contributed by atoms with E-state index in [0.717, 1.165) is 31.5 Å². The molecule has 0 saturated carbocycles. The van der Waals surface area contributed by atoms with Crippen molar-refractivity contribution in [3.8, 4) is 5.69 Å². The smallest absolute Gasteiger partial charge is 0.280 e. The molecule has 3 rings (SSSR count). The summed E-state index contributed by atoms with van der Waals surface area (Å²) in [4.78, 5) is 17.3. The van der Waals surface area contributed by atoms with Gasteiger partial charge < -0.3 is 0 Å². The molecule has 1 heterocycles. The molecule has 0 aliphatic carbocycles. The Labute approximate surface area is 173 Å². The molecule has 134 valence electrons. The molecular weight excluding hydrogens is 481 g/mol. The summed E-state index contributed by atoms with van der Waals surface area (Å²) in [7, 11) is 0. The van der Waals surface area contributed by atoms with E-state index in [4.69, 9.17) is 11.6 Å². The minimum absolute atomic E-state index is 0.149. The van der Waals surface area contributed by atoms with Gasteiger partial charge >= 0.3 is 0 Å². The number of rotatable bonds is 3. The fourth-order valence-electron chi connectivity index (χ4n) is 2.62. The van der Waals surface area contributed by atoms with Crippen molar-refractivity contribution in [3.63, 3.8) is 0 Å². The van der Waals surface area contributed by atoms with Crippen LogP contribution in [0, 0.1) is 20.8 Å². The van der Waals surface area contributed by atoms with Gasteiger partial charge in [-0.1, -0.05) is 43.5 Å². The number of aliphatic imine (C=N–C) groups is 1. The number of benzene rings is 2. The predicted molar refractivity (Wildman–Crippen MR) is 115 cm³/mol. The van der Waals surface area contributed by atoms with E-state index in [0.29, 0.717) is 16.3 Å². The number of aromatic amines is 1. The zero-order valence-corrected chi connectivity index (χ0v) is 18.3.